The van der Waals surface area contributed by atoms with Crippen LogP contribution < -0.4 is 10.5 Å². The third kappa shape index (κ3) is 2.60. The van der Waals surface area contributed by atoms with Crippen LogP contribution in [0.5, 0.6) is 11.5 Å². The Balaban J connectivity index is 1.99. The number of ether oxygens (including phenoxy) is 1. The molecular formula is C10H10N2O2S. The first kappa shape index (κ1) is 9.79. The van der Waals surface area contributed by atoms with E-state index >= 15 is 0 Å². The molecule has 0 amide bonds. The highest BCUT2D eigenvalue weighted by molar-refractivity contribution is 7.13. The van der Waals surface area contributed by atoms with E-state index in [1.165, 1.54) is 11.3 Å². The summed E-state index contributed by atoms with van der Waals surface area (Å²) < 4.78 is 5.41. The number of rotatable bonds is 3. The molecule has 2 rings (SSSR count). The number of nitrogens with zero attached hydrogens (tertiary/aromatic N) is 1. The van der Waals surface area contributed by atoms with Crippen LogP contribution in [0.25, 0.3) is 0 Å². The van der Waals surface area contributed by atoms with Gasteiger partial charge in [-0.2, -0.15) is 0 Å². The van der Waals surface area contributed by atoms with E-state index in [4.69, 9.17) is 10.5 Å². The topological polar surface area (TPSA) is 68.4 Å². The lowest BCUT2D eigenvalue weighted by Gasteiger charge is -2.03. The minimum Gasteiger partial charge on any atom is -0.508 e. The maximum absolute atomic E-state index is 9.20. The summed E-state index contributed by atoms with van der Waals surface area (Å²) in [6.07, 6.45) is 0. The van der Waals surface area contributed by atoms with Crippen molar-refractivity contribution in [2.24, 2.45) is 0 Å². The van der Waals surface area contributed by atoms with Gasteiger partial charge in [0, 0.05) is 11.4 Å². The quantitative estimate of drug-likeness (QED) is 0.833. The molecule has 3 N–H and O–H groups in total. The normalized spacial score (nSPS) is 10.1. The average Bonchev–Trinajstić information content (AvgIpc) is 2.62. The first-order chi connectivity index (χ1) is 7.24. The Kier molecular flexibility index (Phi) is 2.73. The Labute approximate surface area is 91.0 Å². The Bertz CT molecular complexity index is 456. The molecule has 15 heavy (non-hydrogen) atoms. The number of nitrogens with two attached hydrogens (primary N) is 1. The van der Waals surface area contributed by atoms with E-state index in [9.17, 15) is 5.11 Å². The molecule has 78 valence electrons. The Morgan fingerprint density at radius 3 is 3.00 bits per heavy atom. The van der Waals surface area contributed by atoms with E-state index in [1.54, 1.807) is 24.3 Å². The van der Waals surface area contributed by atoms with Crippen LogP contribution >= 0.6 is 11.3 Å². The van der Waals surface area contributed by atoms with Crippen LogP contribution in [-0.2, 0) is 6.61 Å². The highest BCUT2D eigenvalue weighted by Gasteiger charge is 2.00. The van der Waals surface area contributed by atoms with E-state index in [1.807, 2.05) is 5.38 Å². The Hall–Kier alpha value is -1.75. The number of phenols is 1. The van der Waals surface area contributed by atoms with Gasteiger partial charge < -0.3 is 15.6 Å². The van der Waals surface area contributed by atoms with Gasteiger partial charge in [0.15, 0.2) is 5.13 Å². The van der Waals surface area contributed by atoms with Gasteiger partial charge in [-0.25, -0.2) is 4.98 Å². The molecule has 0 aliphatic rings. The van der Waals surface area contributed by atoms with Gasteiger partial charge in [0.25, 0.3) is 0 Å². The van der Waals surface area contributed by atoms with Crippen molar-refractivity contribution in [3.05, 3.63) is 35.3 Å². The molecule has 0 aliphatic carbocycles. The largest absolute Gasteiger partial charge is 0.508 e. The number of aromatic hydroxyl groups is 1. The lowest BCUT2D eigenvalue weighted by atomic mass is 10.3. The summed E-state index contributed by atoms with van der Waals surface area (Å²) >= 11 is 1.38. The second kappa shape index (κ2) is 4.18. The van der Waals surface area contributed by atoms with Crippen LogP contribution in [0.4, 0.5) is 5.13 Å². The lowest BCUT2D eigenvalue weighted by molar-refractivity contribution is 0.300. The second-order valence-corrected chi connectivity index (χ2v) is 3.85. The fourth-order valence-electron chi connectivity index (χ4n) is 1.12. The molecule has 0 fully saturated rings. The summed E-state index contributed by atoms with van der Waals surface area (Å²) in [5, 5.41) is 11.6. The molecule has 1 heterocycles. The molecule has 5 heteroatoms. The molecule has 0 aliphatic heterocycles. The van der Waals surface area contributed by atoms with Crippen molar-refractivity contribution in [1.82, 2.24) is 4.98 Å². The molecule has 0 saturated heterocycles. The Morgan fingerprint density at radius 1 is 1.47 bits per heavy atom. The summed E-state index contributed by atoms with van der Waals surface area (Å²) in [6.45, 7) is 0.358. The first-order valence-electron chi connectivity index (χ1n) is 4.36. The molecule has 0 spiro atoms. The summed E-state index contributed by atoms with van der Waals surface area (Å²) in [4.78, 5) is 4.06. The van der Waals surface area contributed by atoms with E-state index in [2.05, 4.69) is 4.98 Å². The molecule has 0 bridgehead atoms. The second-order valence-electron chi connectivity index (χ2n) is 2.96. The van der Waals surface area contributed by atoms with Gasteiger partial charge in [0.1, 0.15) is 18.1 Å². The predicted molar refractivity (Wildman–Crippen MR) is 59.0 cm³/mol. The number of hydrogen-bond acceptors (Lipinski definition) is 5. The first-order valence-corrected chi connectivity index (χ1v) is 5.24. The highest BCUT2D eigenvalue weighted by atomic mass is 32.1. The van der Waals surface area contributed by atoms with Crippen molar-refractivity contribution < 1.29 is 9.84 Å². The minimum absolute atomic E-state index is 0.185. The standard InChI is InChI=1S/C10H10N2O2S/c11-10-12-7(6-15-10)5-14-9-3-1-2-8(13)4-9/h1-4,6,13H,5H2,(H2,11,12). The highest BCUT2D eigenvalue weighted by Crippen LogP contribution is 2.19. The zero-order chi connectivity index (χ0) is 10.7. The van der Waals surface area contributed by atoms with Crippen LogP contribution in [0.2, 0.25) is 0 Å². The smallest absolute Gasteiger partial charge is 0.180 e. The van der Waals surface area contributed by atoms with E-state index in [0.29, 0.717) is 17.5 Å². The Morgan fingerprint density at radius 2 is 2.33 bits per heavy atom. The van der Waals surface area contributed by atoms with Crippen molar-refractivity contribution in [3.8, 4) is 11.5 Å². The molecule has 2 aromatic rings. The van der Waals surface area contributed by atoms with Gasteiger partial charge in [-0.05, 0) is 12.1 Å². The lowest BCUT2D eigenvalue weighted by Crippen LogP contribution is -1.95. The molecule has 1 aromatic heterocycles. The van der Waals surface area contributed by atoms with Crippen molar-refractivity contribution in [1.29, 1.82) is 0 Å². The van der Waals surface area contributed by atoms with Crippen molar-refractivity contribution in [3.63, 3.8) is 0 Å². The summed E-state index contributed by atoms with van der Waals surface area (Å²) in [6, 6.07) is 6.64. The zero-order valence-corrected chi connectivity index (χ0v) is 8.70. The predicted octanol–water partition coefficient (Wildman–Crippen LogP) is 2.01. The monoisotopic (exact) mass is 222 g/mol. The van der Waals surface area contributed by atoms with Crippen molar-refractivity contribution >= 4 is 16.5 Å². The fraction of sp³-hybridized carbons (Fsp3) is 0.100. The van der Waals surface area contributed by atoms with Crippen LogP contribution in [0.1, 0.15) is 5.69 Å². The zero-order valence-electron chi connectivity index (χ0n) is 7.88. The molecule has 0 radical (unpaired) electrons. The van der Waals surface area contributed by atoms with Gasteiger partial charge >= 0.3 is 0 Å². The number of phenolic OH excluding ortho intramolecular Hbond substituents is 1. The van der Waals surface area contributed by atoms with Crippen LogP contribution in [0.15, 0.2) is 29.6 Å². The summed E-state index contributed by atoms with van der Waals surface area (Å²) in [5.74, 6) is 0.798. The third-order valence-electron chi connectivity index (χ3n) is 1.77. The molecule has 4 nitrogen and oxygen atoms in total. The molecule has 0 unspecified atom stereocenters. The molecule has 1 aromatic carbocycles. The fourth-order valence-corrected chi connectivity index (χ4v) is 1.67. The third-order valence-corrected chi connectivity index (χ3v) is 2.50. The van der Waals surface area contributed by atoms with Crippen LogP contribution in [0, 0.1) is 0 Å². The van der Waals surface area contributed by atoms with Gasteiger partial charge in [-0.1, -0.05) is 6.07 Å². The summed E-state index contributed by atoms with van der Waals surface area (Å²) in [7, 11) is 0. The van der Waals surface area contributed by atoms with E-state index < -0.39 is 0 Å². The minimum atomic E-state index is 0.185. The maximum atomic E-state index is 9.20. The van der Waals surface area contributed by atoms with Crippen molar-refractivity contribution in [2.45, 2.75) is 6.61 Å². The average molecular weight is 222 g/mol. The molecule has 0 saturated carbocycles. The number of thiazole rings is 1. The summed E-state index contributed by atoms with van der Waals surface area (Å²) in [5.41, 5.74) is 6.28. The van der Waals surface area contributed by atoms with Gasteiger partial charge in [0.2, 0.25) is 0 Å². The number of nitrogen functional groups attached to an aromatic ring is 1. The van der Waals surface area contributed by atoms with Crippen LogP contribution in [0.3, 0.4) is 0 Å². The number of hydrogen-bond donors (Lipinski definition) is 2. The maximum Gasteiger partial charge on any atom is 0.180 e. The van der Waals surface area contributed by atoms with Gasteiger partial charge in [0.05, 0.1) is 5.69 Å². The number of anilines is 1. The van der Waals surface area contributed by atoms with Crippen LogP contribution in [-0.4, -0.2) is 10.1 Å². The molecule has 0 atom stereocenters. The molecular weight excluding hydrogens is 212 g/mol. The SMILES string of the molecule is Nc1nc(COc2cccc(O)c2)cs1. The van der Waals surface area contributed by atoms with Crippen molar-refractivity contribution in [2.75, 3.05) is 5.73 Å². The number of benzene rings is 1. The van der Waals surface area contributed by atoms with E-state index in [0.717, 1.165) is 5.69 Å². The number of aromatic nitrogens is 1. The van der Waals surface area contributed by atoms with Gasteiger partial charge in [-0.15, -0.1) is 11.3 Å². The van der Waals surface area contributed by atoms with Gasteiger partial charge in [-0.3, -0.25) is 0 Å². The van der Waals surface area contributed by atoms with E-state index in [-0.39, 0.29) is 5.75 Å².